The highest BCUT2D eigenvalue weighted by molar-refractivity contribution is 6.30. The maximum atomic E-state index is 12.7. The lowest BCUT2D eigenvalue weighted by Gasteiger charge is -2.10. The van der Waals surface area contributed by atoms with Crippen LogP contribution in [-0.4, -0.2) is 18.2 Å². The van der Waals surface area contributed by atoms with Crippen molar-refractivity contribution in [2.45, 2.75) is 6.42 Å². The third kappa shape index (κ3) is 2.91. The number of carbonyl (C=O) groups is 2. The molecule has 0 radical (unpaired) electrons. The van der Waals surface area contributed by atoms with Gasteiger partial charge in [0, 0.05) is 33.8 Å². The first-order chi connectivity index (χ1) is 12.6. The summed E-state index contributed by atoms with van der Waals surface area (Å²) >= 11 is 5.89. The first-order valence-corrected chi connectivity index (χ1v) is 8.83. The predicted octanol–water partition coefficient (Wildman–Crippen LogP) is 4.52. The lowest BCUT2D eigenvalue weighted by molar-refractivity contribution is 0.0954. The van der Waals surface area contributed by atoms with E-state index in [1.807, 2.05) is 42.5 Å². The van der Waals surface area contributed by atoms with E-state index in [4.69, 9.17) is 11.6 Å². The van der Waals surface area contributed by atoms with Crippen LogP contribution in [0.4, 0.5) is 0 Å². The highest BCUT2D eigenvalue weighted by Gasteiger charge is 2.29. The molecule has 1 N–H and O–H groups in total. The van der Waals surface area contributed by atoms with Gasteiger partial charge in [0.25, 0.3) is 5.91 Å². The van der Waals surface area contributed by atoms with Crippen molar-refractivity contribution in [3.8, 4) is 11.1 Å². The first-order valence-electron chi connectivity index (χ1n) is 8.45. The number of hydrogen-bond acceptors (Lipinski definition) is 2. The molecule has 4 rings (SSSR count). The van der Waals surface area contributed by atoms with E-state index in [-0.39, 0.29) is 11.7 Å². The number of hydrogen-bond donors (Lipinski definition) is 1. The molecular weight excluding hydrogens is 346 g/mol. The Bertz CT molecular complexity index is 1010. The van der Waals surface area contributed by atoms with Crippen LogP contribution in [0.25, 0.3) is 11.1 Å². The smallest absolute Gasteiger partial charge is 0.251 e. The molecule has 3 nitrogen and oxygen atoms in total. The Morgan fingerprint density at radius 1 is 0.846 bits per heavy atom. The Morgan fingerprint density at radius 2 is 1.54 bits per heavy atom. The van der Waals surface area contributed by atoms with Gasteiger partial charge in [0.1, 0.15) is 0 Å². The summed E-state index contributed by atoms with van der Waals surface area (Å²) in [5, 5.41) is 3.65. The van der Waals surface area contributed by atoms with Crippen molar-refractivity contribution in [3.05, 3.63) is 94.0 Å². The van der Waals surface area contributed by atoms with Crippen molar-refractivity contribution < 1.29 is 9.59 Å². The molecule has 128 valence electrons. The number of nitrogens with one attached hydrogen (secondary N) is 1. The summed E-state index contributed by atoms with van der Waals surface area (Å²) in [6.45, 7) is 0.514. The van der Waals surface area contributed by atoms with Gasteiger partial charge in [-0.3, -0.25) is 9.59 Å². The van der Waals surface area contributed by atoms with E-state index in [1.165, 1.54) is 0 Å². The summed E-state index contributed by atoms with van der Waals surface area (Å²) < 4.78 is 0. The minimum absolute atomic E-state index is 0.0218. The molecule has 3 aromatic rings. The molecule has 0 saturated carbocycles. The Hall–Kier alpha value is -2.91. The second kappa shape index (κ2) is 6.77. The summed E-state index contributed by atoms with van der Waals surface area (Å²) in [7, 11) is 0. The van der Waals surface area contributed by atoms with E-state index in [9.17, 15) is 9.59 Å². The molecule has 0 atom stereocenters. The fourth-order valence-electron chi connectivity index (χ4n) is 3.33. The van der Waals surface area contributed by atoms with E-state index in [2.05, 4.69) is 5.32 Å². The minimum atomic E-state index is -0.166. The predicted molar refractivity (Wildman–Crippen MR) is 103 cm³/mol. The van der Waals surface area contributed by atoms with Crippen LogP contribution < -0.4 is 5.32 Å². The number of rotatable bonds is 4. The molecule has 4 heteroatoms. The third-order valence-corrected chi connectivity index (χ3v) is 4.86. The summed E-state index contributed by atoms with van der Waals surface area (Å²) in [5.41, 5.74) is 4.46. The highest BCUT2D eigenvalue weighted by Crippen LogP contribution is 2.38. The quantitative estimate of drug-likeness (QED) is 0.580. The molecule has 1 amide bonds. The lowest BCUT2D eigenvalue weighted by Crippen LogP contribution is -2.26. The van der Waals surface area contributed by atoms with Crippen LogP contribution >= 0.6 is 11.6 Å². The van der Waals surface area contributed by atoms with Gasteiger partial charge in [0.05, 0.1) is 0 Å². The number of halogens is 1. The number of amides is 1. The van der Waals surface area contributed by atoms with Crippen molar-refractivity contribution in [2.75, 3.05) is 6.54 Å². The molecular formula is C22H16ClNO2. The SMILES string of the molecule is O=C(NCCc1ccc(Cl)cc1)c1cccc2c1-c1ccccc1C2=O. The molecule has 0 fully saturated rings. The van der Waals surface area contributed by atoms with Gasteiger partial charge in [-0.25, -0.2) is 0 Å². The summed E-state index contributed by atoms with van der Waals surface area (Å²) in [4.78, 5) is 25.3. The van der Waals surface area contributed by atoms with Crippen LogP contribution in [0.2, 0.25) is 5.02 Å². The van der Waals surface area contributed by atoms with Gasteiger partial charge in [-0.2, -0.15) is 0 Å². The van der Waals surface area contributed by atoms with E-state index < -0.39 is 0 Å². The standard InChI is InChI=1S/C22H16ClNO2/c23-15-10-8-14(9-11-15)12-13-24-22(26)19-7-3-6-18-20(19)16-4-1-2-5-17(16)21(18)25/h1-11H,12-13H2,(H,24,26). The first kappa shape index (κ1) is 16.6. The average molecular weight is 362 g/mol. The lowest BCUT2D eigenvalue weighted by atomic mass is 9.99. The molecule has 0 saturated heterocycles. The van der Waals surface area contributed by atoms with Crippen LogP contribution in [0.5, 0.6) is 0 Å². The maximum Gasteiger partial charge on any atom is 0.251 e. The highest BCUT2D eigenvalue weighted by atomic mass is 35.5. The Kier molecular flexibility index (Phi) is 4.31. The van der Waals surface area contributed by atoms with Gasteiger partial charge in [0.2, 0.25) is 0 Å². The molecule has 1 aliphatic carbocycles. The Balaban J connectivity index is 1.55. The number of fused-ring (bicyclic) bond motifs is 3. The summed E-state index contributed by atoms with van der Waals surface area (Å²) in [6.07, 6.45) is 0.716. The van der Waals surface area contributed by atoms with Gasteiger partial charge in [0.15, 0.2) is 5.78 Å². The topological polar surface area (TPSA) is 46.2 Å². The van der Waals surface area contributed by atoms with Crippen molar-refractivity contribution in [3.63, 3.8) is 0 Å². The third-order valence-electron chi connectivity index (χ3n) is 4.61. The van der Waals surface area contributed by atoms with Gasteiger partial charge < -0.3 is 5.32 Å². The van der Waals surface area contributed by atoms with E-state index in [0.717, 1.165) is 16.7 Å². The Labute approximate surface area is 156 Å². The average Bonchev–Trinajstić information content (AvgIpc) is 2.96. The van der Waals surface area contributed by atoms with Gasteiger partial charge in [-0.15, -0.1) is 0 Å². The number of ketones is 1. The van der Waals surface area contributed by atoms with Gasteiger partial charge in [-0.05, 0) is 35.7 Å². The van der Waals surface area contributed by atoms with Crippen molar-refractivity contribution in [1.82, 2.24) is 5.32 Å². The number of carbonyl (C=O) groups excluding carboxylic acids is 2. The zero-order chi connectivity index (χ0) is 18.1. The molecule has 0 unspecified atom stereocenters. The molecule has 0 spiro atoms. The van der Waals surface area contributed by atoms with E-state index in [1.54, 1.807) is 24.3 Å². The molecule has 0 aromatic heterocycles. The fraction of sp³-hybridized carbons (Fsp3) is 0.0909. The van der Waals surface area contributed by atoms with E-state index >= 15 is 0 Å². The van der Waals surface area contributed by atoms with Crippen LogP contribution in [-0.2, 0) is 6.42 Å². The van der Waals surface area contributed by atoms with Crippen LogP contribution in [0.1, 0.15) is 31.8 Å². The van der Waals surface area contributed by atoms with Gasteiger partial charge >= 0.3 is 0 Å². The molecule has 1 aliphatic rings. The Morgan fingerprint density at radius 3 is 2.31 bits per heavy atom. The largest absolute Gasteiger partial charge is 0.352 e. The van der Waals surface area contributed by atoms with Crippen molar-refractivity contribution in [1.29, 1.82) is 0 Å². The van der Waals surface area contributed by atoms with Crippen LogP contribution in [0, 0.1) is 0 Å². The van der Waals surface area contributed by atoms with E-state index in [0.29, 0.717) is 34.7 Å². The molecule has 0 bridgehead atoms. The second-order valence-electron chi connectivity index (χ2n) is 6.24. The molecule has 3 aromatic carbocycles. The summed E-state index contributed by atoms with van der Waals surface area (Å²) in [6, 6.07) is 20.3. The molecule has 0 heterocycles. The van der Waals surface area contributed by atoms with Crippen LogP contribution in [0.15, 0.2) is 66.7 Å². The zero-order valence-corrected chi connectivity index (χ0v) is 14.7. The fourth-order valence-corrected chi connectivity index (χ4v) is 3.46. The molecule has 26 heavy (non-hydrogen) atoms. The van der Waals surface area contributed by atoms with Crippen molar-refractivity contribution >= 4 is 23.3 Å². The van der Waals surface area contributed by atoms with Crippen molar-refractivity contribution in [2.24, 2.45) is 0 Å². The number of benzene rings is 3. The monoisotopic (exact) mass is 361 g/mol. The van der Waals surface area contributed by atoms with Gasteiger partial charge in [-0.1, -0.05) is 60.1 Å². The minimum Gasteiger partial charge on any atom is -0.352 e. The maximum absolute atomic E-state index is 12.7. The zero-order valence-electron chi connectivity index (χ0n) is 14.0. The second-order valence-corrected chi connectivity index (χ2v) is 6.67. The summed E-state index contributed by atoms with van der Waals surface area (Å²) in [5.74, 6) is -0.188. The van der Waals surface area contributed by atoms with Crippen LogP contribution in [0.3, 0.4) is 0 Å². The normalized spacial score (nSPS) is 11.8. The molecule has 0 aliphatic heterocycles.